The summed E-state index contributed by atoms with van der Waals surface area (Å²) in [6, 6.07) is 20.3. The summed E-state index contributed by atoms with van der Waals surface area (Å²) in [4.78, 5) is 29.5. The highest BCUT2D eigenvalue weighted by atomic mass is 16.5. The predicted octanol–water partition coefficient (Wildman–Crippen LogP) is 2.84. The van der Waals surface area contributed by atoms with Crippen LogP contribution in [0.4, 0.5) is 0 Å². The van der Waals surface area contributed by atoms with Crippen molar-refractivity contribution in [2.45, 2.75) is 20.0 Å². The number of aryl methyl sites for hydroxylation is 1. The van der Waals surface area contributed by atoms with Crippen molar-refractivity contribution >= 4 is 16.7 Å². The van der Waals surface area contributed by atoms with E-state index in [4.69, 9.17) is 4.74 Å². The molecule has 0 unspecified atom stereocenters. The number of carbonyl (C=O) groups excluding carboxylic acids is 1. The van der Waals surface area contributed by atoms with Crippen molar-refractivity contribution in [2.24, 2.45) is 0 Å². The van der Waals surface area contributed by atoms with Crippen LogP contribution in [0, 0.1) is 6.92 Å². The molecule has 0 radical (unpaired) electrons. The summed E-state index contributed by atoms with van der Waals surface area (Å²) in [6.07, 6.45) is 1.68. The molecule has 0 bridgehead atoms. The number of nitrogens with zero attached hydrogens (tertiary/aromatic N) is 3. The van der Waals surface area contributed by atoms with Crippen molar-refractivity contribution < 1.29 is 9.53 Å². The number of hydrogen-bond acceptors (Lipinski definition) is 5. The Morgan fingerprint density at radius 1 is 1.03 bits per heavy atom. The Morgan fingerprint density at radius 3 is 2.61 bits per heavy atom. The first-order valence-corrected chi connectivity index (χ1v) is 9.95. The highest BCUT2D eigenvalue weighted by molar-refractivity contribution is 5.84. The Kier molecular flexibility index (Phi) is 6.03. The van der Waals surface area contributed by atoms with Crippen LogP contribution in [0.1, 0.15) is 17.0 Å². The largest absolute Gasteiger partial charge is 0.484 e. The molecule has 0 saturated carbocycles. The Balaban J connectivity index is 1.51. The van der Waals surface area contributed by atoms with E-state index >= 15 is 0 Å². The van der Waals surface area contributed by atoms with Crippen LogP contribution < -0.4 is 15.6 Å². The van der Waals surface area contributed by atoms with Gasteiger partial charge in [0.2, 0.25) is 0 Å². The van der Waals surface area contributed by atoms with E-state index in [-0.39, 0.29) is 31.2 Å². The fourth-order valence-electron chi connectivity index (χ4n) is 3.28. The normalized spacial score (nSPS) is 10.7. The van der Waals surface area contributed by atoms with Crippen LogP contribution in [0.5, 0.6) is 5.75 Å². The molecule has 2 heterocycles. The van der Waals surface area contributed by atoms with Crippen LogP contribution in [-0.4, -0.2) is 27.3 Å². The van der Waals surface area contributed by atoms with E-state index in [1.54, 1.807) is 12.3 Å². The number of amides is 1. The van der Waals surface area contributed by atoms with E-state index < -0.39 is 0 Å². The smallest absolute Gasteiger partial charge is 0.275 e. The molecular weight excluding hydrogens is 392 g/mol. The van der Waals surface area contributed by atoms with Crippen molar-refractivity contribution in [3.8, 4) is 5.75 Å². The minimum Gasteiger partial charge on any atom is -0.484 e. The minimum atomic E-state index is -0.269. The van der Waals surface area contributed by atoms with Crippen molar-refractivity contribution in [1.29, 1.82) is 0 Å². The fraction of sp³-hybridized carbons (Fsp3) is 0.167. The molecule has 0 aliphatic carbocycles. The van der Waals surface area contributed by atoms with Gasteiger partial charge in [0.25, 0.3) is 11.5 Å². The van der Waals surface area contributed by atoms with Gasteiger partial charge in [-0.05, 0) is 42.8 Å². The number of hydrogen-bond donors (Lipinski definition) is 1. The van der Waals surface area contributed by atoms with Gasteiger partial charge in [0.05, 0.1) is 29.9 Å². The van der Waals surface area contributed by atoms with Crippen molar-refractivity contribution in [1.82, 2.24) is 20.1 Å². The van der Waals surface area contributed by atoms with Gasteiger partial charge in [-0.3, -0.25) is 14.6 Å². The van der Waals surface area contributed by atoms with E-state index in [0.29, 0.717) is 22.2 Å². The SMILES string of the molecule is Cc1cccc(OCC(=O)NCc2nn(Cc3ccccn3)c(=O)c3ccccc23)c1. The first-order chi connectivity index (χ1) is 15.1. The lowest BCUT2D eigenvalue weighted by Crippen LogP contribution is -2.31. The number of aromatic nitrogens is 3. The summed E-state index contributed by atoms with van der Waals surface area (Å²) in [5.41, 5.74) is 2.20. The zero-order valence-corrected chi connectivity index (χ0v) is 17.1. The van der Waals surface area contributed by atoms with Crippen LogP contribution in [0.3, 0.4) is 0 Å². The van der Waals surface area contributed by atoms with Crippen LogP contribution >= 0.6 is 0 Å². The number of rotatable bonds is 7. The van der Waals surface area contributed by atoms with Gasteiger partial charge in [0, 0.05) is 11.6 Å². The molecular formula is C24H22N4O3. The number of benzene rings is 2. The number of ether oxygens (including phenoxy) is 1. The van der Waals surface area contributed by atoms with E-state index in [2.05, 4.69) is 15.4 Å². The second-order valence-electron chi connectivity index (χ2n) is 7.16. The van der Waals surface area contributed by atoms with Gasteiger partial charge in [-0.15, -0.1) is 0 Å². The monoisotopic (exact) mass is 414 g/mol. The zero-order valence-electron chi connectivity index (χ0n) is 17.1. The molecule has 156 valence electrons. The summed E-state index contributed by atoms with van der Waals surface area (Å²) >= 11 is 0. The van der Waals surface area contributed by atoms with E-state index in [9.17, 15) is 9.59 Å². The van der Waals surface area contributed by atoms with Gasteiger partial charge in [-0.25, -0.2) is 4.68 Å². The van der Waals surface area contributed by atoms with Crippen molar-refractivity contribution in [2.75, 3.05) is 6.61 Å². The van der Waals surface area contributed by atoms with Crippen molar-refractivity contribution in [3.05, 3.63) is 100 Å². The molecule has 4 rings (SSSR count). The standard InChI is InChI=1S/C24H22N4O3/c1-17-7-6-9-19(13-17)31-16-23(29)26-14-22-20-10-2-3-11-21(20)24(30)28(27-22)15-18-8-4-5-12-25-18/h2-13H,14-16H2,1H3,(H,26,29). The van der Waals surface area contributed by atoms with Crippen LogP contribution in [0.25, 0.3) is 10.8 Å². The molecule has 2 aromatic heterocycles. The molecule has 0 saturated heterocycles. The lowest BCUT2D eigenvalue weighted by molar-refractivity contribution is -0.123. The maximum Gasteiger partial charge on any atom is 0.275 e. The molecule has 1 amide bonds. The number of pyridine rings is 1. The third-order valence-corrected chi connectivity index (χ3v) is 4.79. The number of fused-ring (bicyclic) bond motifs is 1. The lowest BCUT2D eigenvalue weighted by Gasteiger charge is -2.12. The quantitative estimate of drug-likeness (QED) is 0.503. The molecule has 1 N–H and O–H groups in total. The van der Waals surface area contributed by atoms with Gasteiger partial charge in [0.1, 0.15) is 5.75 Å². The van der Waals surface area contributed by atoms with Gasteiger partial charge in [-0.1, -0.05) is 36.4 Å². The maximum atomic E-state index is 12.9. The van der Waals surface area contributed by atoms with Gasteiger partial charge in [0.15, 0.2) is 6.61 Å². The first kappa shape index (κ1) is 20.3. The number of carbonyl (C=O) groups is 1. The Morgan fingerprint density at radius 2 is 1.84 bits per heavy atom. The van der Waals surface area contributed by atoms with E-state index in [0.717, 1.165) is 11.3 Å². The second kappa shape index (κ2) is 9.21. The molecule has 0 aliphatic heterocycles. The molecule has 2 aromatic carbocycles. The van der Waals surface area contributed by atoms with Gasteiger partial charge in [-0.2, -0.15) is 5.10 Å². The molecule has 0 fully saturated rings. The summed E-state index contributed by atoms with van der Waals surface area (Å²) in [7, 11) is 0. The third-order valence-electron chi connectivity index (χ3n) is 4.79. The van der Waals surface area contributed by atoms with Crippen LogP contribution in [0.15, 0.2) is 77.7 Å². The summed E-state index contributed by atoms with van der Waals surface area (Å²) < 4.78 is 6.93. The highest BCUT2D eigenvalue weighted by Gasteiger charge is 2.12. The summed E-state index contributed by atoms with van der Waals surface area (Å²) in [5, 5.41) is 8.60. The second-order valence-corrected chi connectivity index (χ2v) is 7.16. The van der Waals surface area contributed by atoms with Gasteiger partial charge < -0.3 is 10.1 Å². The van der Waals surface area contributed by atoms with Gasteiger partial charge >= 0.3 is 0 Å². The predicted molar refractivity (Wildman–Crippen MR) is 118 cm³/mol. The van der Waals surface area contributed by atoms with Crippen LogP contribution in [0.2, 0.25) is 0 Å². The Bertz CT molecular complexity index is 1270. The Labute approximate surface area is 179 Å². The van der Waals surface area contributed by atoms with Crippen LogP contribution in [-0.2, 0) is 17.9 Å². The van der Waals surface area contributed by atoms with E-state index in [1.807, 2.05) is 67.6 Å². The van der Waals surface area contributed by atoms with E-state index in [1.165, 1.54) is 4.68 Å². The average Bonchev–Trinajstić information content (AvgIpc) is 2.79. The topological polar surface area (TPSA) is 86.1 Å². The third kappa shape index (κ3) is 4.95. The molecule has 0 spiro atoms. The summed E-state index contributed by atoms with van der Waals surface area (Å²) in [5.74, 6) is 0.373. The first-order valence-electron chi connectivity index (χ1n) is 9.95. The molecule has 4 aromatic rings. The maximum absolute atomic E-state index is 12.9. The summed E-state index contributed by atoms with van der Waals surface area (Å²) in [6.45, 7) is 2.29. The molecule has 0 aliphatic rings. The molecule has 7 heteroatoms. The fourth-order valence-corrected chi connectivity index (χ4v) is 3.28. The molecule has 31 heavy (non-hydrogen) atoms. The average molecular weight is 414 g/mol. The lowest BCUT2D eigenvalue weighted by atomic mass is 10.1. The minimum absolute atomic E-state index is 0.102. The zero-order chi connectivity index (χ0) is 21.6. The molecule has 0 atom stereocenters. The molecule has 7 nitrogen and oxygen atoms in total. The van der Waals surface area contributed by atoms with Crippen molar-refractivity contribution in [3.63, 3.8) is 0 Å². The number of nitrogens with one attached hydrogen (secondary N) is 1. The Hall–Kier alpha value is -4.00. The highest BCUT2D eigenvalue weighted by Crippen LogP contribution is 2.14.